The van der Waals surface area contributed by atoms with E-state index in [4.69, 9.17) is 16.2 Å². The van der Waals surface area contributed by atoms with Crippen molar-refractivity contribution >= 4 is 17.5 Å². The maximum Gasteiger partial charge on any atom is 0.269 e. The predicted molar refractivity (Wildman–Crippen MR) is 113 cm³/mol. The standard InChI is InChI=1S/C20H24N8O3/c1-23-20(30)16(22)14(9-15(21)26-19(29)11-5-6-11)25-13-4-2-3-12-17(13)31-8-7-28-10-24-27-18(12)28/h2-4,9-11,25H,5-8,21-22H2,1H3,(H,23,30)(H,26,29)/b15-9+,16-14+. The molecule has 11 nitrogen and oxygen atoms in total. The van der Waals surface area contributed by atoms with Gasteiger partial charge in [-0.25, -0.2) is 0 Å². The number of nitrogens with one attached hydrogen (secondary N) is 3. The molecule has 0 atom stereocenters. The number of carbonyl (C=O) groups is 2. The Morgan fingerprint density at radius 2 is 2.10 bits per heavy atom. The second-order valence-electron chi connectivity index (χ2n) is 7.27. The monoisotopic (exact) mass is 424 g/mol. The van der Waals surface area contributed by atoms with Crippen LogP contribution in [0.2, 0.25) is 0 Å². The zero-order valence-electron chi connectivity index (χ0n) is 17.0. The zero-order valence-corrected chi connectivity index (χ0v) is 17.0. The van der Waals surface area contributed by atoms with Crippen LogP contribution in [0.4, 0.5) is 5.69 Å². The van der Waals surface area contributed by atoms with Crippen molar-refractivity contribution in [3.05, 3.63) is 47.8 Å². The fourth-order valence-corrected chi connectivity index (χ4v) is 3.20. The first-order valence-electron chi connectivity index (χ1n) is 9.88. The van der Waals surface area contributed by atoms with Gasteiger partial charge in [0.2, 0.25) is 5.91 Å². The highest BCUT2D eigenvalue weighted by Gasteiger charge is 2.29. The molecule has 2 aliphatic rings. The van der Waals surface area contributed by atoms with E-state index in [0.29, 0.717) is 30.4 Å². The third kappa shape index (κ3) is 4.29. The summed E-state index contributed by atoms with van der Waals surface area (Å²) in [5, 5.41) is 16.4. The number of hydrogen-bond acceptors (Lipinski definition) is 8. The summed E-state index contributed by atoms with van der Waals surface area (Å²) in [6.07, 6.45) is 4.76. The number of fused-ring (bicyclic) bond motifs is 3. The van der Waals surface area contributed by atoms with Crippen LogP contribution in [0.3, 0.4) is 0 Å². The van der Waals surface area contributed by atoms with E-state index in [1.807, 2.05) is 16.7 Å². The zero-order chi connectivity index (χ0) is 22.0. The number of hydrogen-bond donors (Lipinski definition) is 5. The summed E-state index contributed by atoms with van der Waals surface area (Å²) in [6, 6.07) is 5.48. The van der Waals surface area contributed by atoms with Crippen molar-refractivity contribution < 1.29 is 14.3 Å². The Bertz CT molecular complexity index is 1080. The number of para-hydroxylation sites is 1. The topological polar surface area (TPSA) is 162 Å². The molecule has 2 amide bonds. The first kappa shape index (κ1) is 20.3. The van der Waals surface area contributed by atoms with E-state index in [2.05, 4.69) is 26.1 Å². The van der Waals surface area contributed by atoms with Gasteiger partial charge in [0.15, 0.2) is 11.6 Å². The van der Waals surface area contributed by atoms with E-state index < -0.39 is 5.91 Å². The van der Waals surface area contributed by atoms with Crippen molar-refractivity contribution in [1.82, 2.24) is 25.4 Å². The minimum absolute atomic E-state index is 0.0146. The number of nitrogens with two attached hydrogens (primary N) is 2. The molecule has 2 heterocycles. The molecular weight excluding hydrogens is 400 g/mol. The van der Waals surface area contributed by atoms with Gasteiger partial charge in [0.05, 0.1) is 23.5 Å². The first-order valence-corrected chi connectivity index (χ1v) is 9.88. The fourth-order valence-electron chi connectivity index (χ4n) is 3.20. The summed E-state index contributed by atoms with van der Waals surface area (Å²) in [5.74, 6) is 0.636. The Hall–Kier alpha value is -4.02. The average molecular weight is 424 g/mol. The molecule has 1 fully saturated rings. The number of allylic oxidation sites excluding steroid dienone is 1. The third-order valence-corrected chi connectivity index (χ3v) is 5.00. The molecule has 2 aromatic rings. The first-order chi connectivity index (χ1) is 15.0. The third-order valence-electron chi connectivity index (χ3n) is 5.00. The minimum atomic E-state index is -0.497. The summed E-state index contributed by atoms with van der Waals surface area (Å²) in [7, 11) is 1.47. The second-order valence-corrected chi connectivity index (χ2v) is 7.27. The molecule has 1 saturated carbocycles. The molecular formula is C20H24N8O3. The molecule has 31 heavy (non-hydrogen) atoms. The van der Waals surface area contributed by atoms with Gasteiger partial charge in [0.25, 0.3) is 5.91 Å². The highest BCUT2D eigenvalue weighted by atomic mass is 16.5. The molecule has 162 valence electrons. The smallest absolute Gasteiger partial charge is 0.269 e. The van der Waals surface area contributed by atoms with E-state index in [1.54, 1.807) is 12.4 Å². The predicted octanol–water partition coefficient (Wildman–Crippen LogP) is -0.00800. The number of rotatable bonds is 6. The normalized spacial score (nSPS) is 16.1. The van der Waals surface area contributed by atoms with E-state index in [9.17, 15) is 9.59 Å². The Balaban J connectivity index is 1.69. The molecule has 11 heteroatoms. The van der Waals surface area contributed by atoms with E-state index in [1.165, 1.54) is 13.1 Å². The Morgan fingerprint density at radius 3 is 2.84 bits per heavy atom. The van der Waals surface area contributed by atoms with E-state index in [0.717, 1.165) is 18.4 Å². The van der Waals surface area contributed by atoms with Gasteiger partial charge in [-0.2, -0.15) is 0 Å². The van der Waals surface area contributed by atoms with Gasteiger partial charge < -0.3 is 36.7 Å². The SMILES string of the molecule is CNC(=O)/C(N)=C(/C=C(\N)NC(=O)C1CC1)Nc1cccc2c1OCCn1cnnc1-2. The summed E-state index contributed by atoms with van der Waals surface area (Å²) < 4.78 is 7.86. The summed E-state index contributed by atoms with van der Waals surface area (Å²) in [5.41, 5.74) is 13.5. The van der Waals surface area contributed by atoms with E-state index >= 15 is 0 Å². The number of likely N-dealkylation sites (N-methyl/N-ethyl adjacent to an activating group) is 1. The maximum absolute atomic E-state index is 12.2. The second kappa shape index (κ2) is 8.38. The van der Waals surface area contributed by atoms with Crippen LogP contribution in [-0.4, -0.2) is 40.2 Å². The minimum Gasteiger partial charge on any atom is -0.489 e. The number of benzene rings is 1. The van der Waals surface area contributed by atoms with Crippen LogP contribution in [-0.2, 0) is 16.1 Å². The Morgan fingerprint density at radius 1 is 1.29 bits per heavy atom. The van der Waals surface area contributed by atoms with Crippen molar-refractivity contribution in [2.24, 2.45) is 17.4 Å². The molecule has 0 bridgehead atoms. The van der Waals surface area contributed by atoms with Crippen molar-refractivity contribution in [2.45, 2.75) is 19.4 Å². The largest absolute Gasteiger partial charge is 0.489 e. The number of amides is 2. The molecule has 0 unspecified atom stereocenters. The number of aromatic nitrogens is 3. The number of anilines is 1. The van der Waals surface area contributed by atoms with Crippen LogP contribution in [0.15, 0.2) is 47.8 Å². The highest BCUT2D eigenvalue weighted by Crippen LogP contribution is 2.38. The van der Waals surface area contributed by atoms with Gasteiger partial charge in [-0.1, -0.05) is 6.07 Å². The summed E-state index contributed by atoms with van der Waals surface area (Å²) in [6.45, 7) is 1.01. The molecule has 4 rings (SSSR count). The Labute approximate surface area is 178 Å². The molecule has 0 saturated heterocycles. The van der Waals surface area contributed by atoms with Crippen LogP contribution in [0.5, 0.6) is 5.75 Å². The van der Waals surface area contributed by atoms with Gasteiger partial charge in [-0.15, -0.1) is 10.2 Å². The van der Waals surface area contributed by atoms with Crippen molar-refractivity contribution in [3.8, 4) is 17.1 Å². The molecule has 1 aromatic heterocycles. The lowest BCUT2D eigenvalue weighted by Gasteiger charge is -2.17. The van der Waals surface area contributed by atoms with Gasteiger partial charge in [-0.3, -0.25) is 9.59 Å². The molecule has 1 aliphatic heterocycles. The van der Waals surface area contributed by atoms with Crippen LogP contribution < -0.4 is 32.2 Å². The summed E-state index contributed by atoms with van der Waals surface area (Å²) in [4.78, 5) is 24.2. The average Bonchev–Trinajstić information content (AvgIpc) is 3.54. The van der Waals surface area contributed by atoms with Crippen molar-refractivity contribution in [2.75, 3.05) is 19.0 Å². The molecule has 0 spiro atoms. The van der Waals surface area contributed by atoms with Gasteiger partial charge in [0.1, 0.15) is 24.5 Å². The van der Waals surface area contributed by atoms with Crippen molar-refractivity contribution in [1.29, 1.82) is 0 Å². The fraction of sp³-hybridized carbons (Fsp3) is 0.300. The highest BCUT2D eigenvalue weighted by molar-refractivity contribution is 5.94. The molecule has 1 aliphatic carbocycles. The number of ether oxygens (including phenoxy) is 1. The lowest BCUT2D eigenvalue weighted by Crippen LogP contribution is -2.31. The van der Waals surface area contributed by atoms with Gasteiger partial charge in [0, 0.05) is 19.0 Å². The summed E-state index contributed by atoms with van der Waals surface area (Å²) >= 11 is 0. The van der Waals surface area contributed by atoms with E-state index in [-0.39, 0.29) is 29.0 Å². The van der Waals surface area contributed by atoms with Crippen LogP contribution in [0, 0.1) is 5.92 Å². The van der Waals surface area contributed by atoms with Crippen molar-refractivity contribution in [3.63, 3.8) is 0 Å². The van der Waals surface area contributed by atoms with Gasteiger partial charge in [-0.05, 0) is 25.0 Å². The quantitative estimate of drug-likeness (QED) is 0.319. The van der Waals surface area contributed by atoms with Gasteiger partial charge >= 0.3 is 0 Å². The number of carbonyl (C=O) groups excluding carboxylic acids is 2. The maximum atomic E-state index is 12.2. The lowest BCUT2D eigenvalue weighted by atomic mass is 10.1. The molecule has 0 radical (unpaired) electrons. The lowest BCUT2D eigenvalue weighted by molar-refractivity contribution is -0.121. The molecule has 7 N–H and O–H groups in total. The van der Waals surface area contributed by atoms with Crippen LogP contribution >= 0.6 is 0 Å². The number of nitrogens with zero attached hydrogens (tertiary/aromatic N) is 3. The Kier molecular flexibility index (Phi) is 5.48. The van der Waals surface area contributed by atoms with Crippen LogP contribution in [0.25, 0.3) is 11.4 Å². The molecule has 1 aromatic carbocycles. The van der Waals surface area contributed by atoms with Crippen LogP contribution in [0.1, 0.15) is 12.8 Å².